The Hall–Kier alpha value is -2.07. The van der Waals surface area contributed by atoms with Crippen molar-refractivity contribution in [1.29, 1.82) is 0 Å². The van der Waals surface area contributed by atoms with Crippen molar-refractivity contribution >= 4 is 33.8 Å². The first-order valence-corrected chi connectivity index (χ1v) is 10.2. The summed E-state index contributed by atoms with van der Waals surface area (Å²) in [6.07, 6.45) is 1.06. The van der Waals surface area contributed by atoms with Crippen LogP contribution in [0.1, 0.15) is 11.3 Å². The van der Waals surface area contributed by atoms with Gasteiger partial charge in [-0.2, -0.15) is 0 Å². The van der Waals surface area contributed by atoms with E-state index in [1.54, 1.807) is 11.3 Å². The molecule has 1 aliphatic rings. The summed E-state index contributed by atoms with van der Waals surface area (Å²) in [6, 6.07) is 17.0. The van der Waals surface area contributed by atoms with Crippen molar-refractivity contribution in [3.8, 4) is 16.8 Å². The van der Waals surface area contributed by atoms with Gasteiger partial charge in [0.05, 0.1) is 11.2 Å². The number of halogens is 1. The first-order valence-electron chi connectivity index (χ1n) is 8.84. The molecule has 5 rings (SSSR count). The Morgan fingerprint density at radius 2 is 1.88 bits per heavy atom. The summed E-state index contributed by atoms with van der Waals surface area (Å²) in [5.74, 6) is 0. The smallest absolute Gasteiger partial charge is 0.0644 e. The average Bonchev–Trinajstić information content (AvgIpc) is 3.24. The normalized spacial score (nSPS) is 14.7. The van der Waals surface area contributed by atoms with Crippen LogP contribution in [0.4, 0.5) is 0 Å². The molecule has 1 aliphatic heterocycles. The largest absolute Gasteiger partial charge is 0.312 e. The van der Waals surface area contributed by atoms with Gasteiger partial charge in [-0.05, 0) is 36.4 Å². The number of hydrogen-bond donors (Lipinski definition) is 0. The lowest BCUT2D eigenvalue weighted by Gasteiger charge is -2.24. The molecular weight excluding hydrogens is 360 g/mol. The Morgan fingerprint density at radius 1 is 1.04 bits per heavy atom. The summed E-state index contributed by atoms with van der Waals surface area (Å²) in [5, 5.41) is 6.62. The number of aromatic nitrogens is 1. The highest BCUT2D eigenvalue weighted by molar-refractivity contribution is 7.08. The Labute approximate surface area is 162 Å². The Bertz CT molecular complexity index is 1090. The molecule has 4 heteroatoms. The van der Waals surface area contributed by atoms with E-state index in [4.69, 9.17) is 11.6 Å². The zero-order valence-corrected chi connectivity index (χ0v) is 16.1. The SMILES string of the molecule is CN1CCc2c(c3cc(Cl)ccc3n2-c2cscc2-c2ccccc2)C1. The highest BCUT2D eigenvalue weighted by Gasteiger charge is 2.24. The fourth-order valence-corrected chi connectivity index (χ4v) is 5.03. The van der Waals surface area contributed by atoms with E-state index in [2.05, 4.69) is 69.7 Å². The number of nitrogens with zero attached hydrogens (tertiary/aromatic N) is 2. The van der Waals surface area contributed by atoms with Gasteiger partial charge in [-0.15, -0.1) is 11.3 Å². The molecule has 2 aromatic carbocycles. The first kappa shape index (κ1) is 16.1. The zero-order chi connectivity index (χ0) is 17.7. The zero-order valence-electron chi connectivity index (χ0n) is 14.6. The summed E-state index contributed by atoms with van der Waals surface area (Å²) in [4.78, 5) is 2.39. The van der Waals surface area contributed by atoms with Crippen molar-refractivity contribution in [3.05, 3.63) is 75.6 Å². The standard InChI is InChI=1S/C22H19ClN2S/c1-24-10-9-21-18(12-24)17-11-16(23)7-8-20(17)25(21)22-14-26-13-19(22)15-5-3-2-4-6-15/h2-8,11,13-14H,9-10,12H2,1H3. The predicted molar refractivity (Wildman–Crippen MR) is 112 cm³/mol. The third-order valence-electron chi connectivity index (χ3n) is 5.27. The fraction of sp³-hybridized carbons (Fsp3) is 0.182. The molecule has 0 radical (unpaired) electrons. The van der Waals surface area contributed by atoms with Gasteiger partial charge in [0.25, 0.3) is 0 Å². The van der Waals surface area contributed by atoms with Gasteiger partial charge < -0.3 is 9.47 Å². The van der Waals surface area contributed by atoms with Gasteiger partial charge in [-0.25, -0.2) is 0 Å². The summed E-state index contributed by atoms with van der Waals surface area (Å²) in [5.41, 5.74) is 7.94. The van der Waals surface area contributed by atoms with E-state index < -0.39 is 0 Å². The summed E-state index contributed by atoms with van der Waals surface area (Å²) in [7, 11) is 2.19. The molecule has 0 spiro atoms. The van der Waals surface area contributed by atoms with Crippen LogP contribution >= 0.6 is 22.9 Å². The number of hydrogen-bond acceptors (Lipinski definition) is 2. The van der Waals surface area contributed by atoms with Crippen LogP contribution in [0.2, 0.25) is 5.02 Å². The number of thiophene rings is 1. The summed E-state index contributed by atoms with van der Waals surface area (Å²) in [6.45, 7) is 2.06. The maximum absolute atomic E-state index is 6.34. The molecule has 26 heavy (non-hydrogen) atoms. The van der Waals surface area contributed by atoms with Crippen molar-refractivity contribution in [2.75, 3.05) is 13.6 Å². The van der Waals surface area contributed by atoms with Crippen LogP contribution in [0, 0.1) is 0 Å². The van der Waals surface area contributed by atoms with E-state index in [-0.39, 0.29) is 0 Å². The van der Waals surface area contributed by atoms with E-state index >= 15 is 0 Å². The molecule has 130 valence electrons. The molecule has 0 amide bonds. The second kappa shape index (κ2) is 6.27. The summed E-state index contributed by atoms with van der Waals surface area (Å²) >= 11 is 8.10. The van der Waals surface area contributed by atoms with Crippen molar-refractivity contribution in [2.45, 2.75) is 13.0 Å². The van der Waals surface area contributed by atoms with Crippen molar-refractivity contribution < 1.29 is 0 Å². The minimum Gasteiger partial charge on any atom is -0.312 e. The van der Waals surface area contributed by atoms with Crippen molar-refractivity contribution in [1.82, 2.24) is 9.47 Å². The summed E-state index contributed by atoms with van der Waals surface area (Å²) < 4.78 is 2.47. The Morgan fingerprint density at radius 3 is 2.73 bits per heavy atom. The lowest BCUT2D eigenvalue weighted by atomic mass is 10.0. The third kappa shape index (κ3) is 2.50. The number of benzene rings is 2. The molecule has 0 unspecified atom stereocenters. The van der Waals surface area contributed by atoms with Crippen LogP contribution < -0.4 is 0 Å². The first-order chi connectivity index (χ1) is 12.7. The Kier molecular flexibility index (Phi) is 3.89. The molecule has 0 saturated carbocycles. The number of rotatable bonds is 2. The lowest BCUT2D eigenvalue weighted by molar-refractivity contribution is 0.311. The molecule has 0 N–H and O–H groups in total. The van der Waals surface area contributed by atoms with Crippen LogP contribution in [0.5, 0.6) is 0 Å². The van der Waals surface area contributed by atoms with Gasteiger partial charge >= 0.3 is 0 Å². The quantitative estimate of drug-likeness (QED) is 0.415. The molecule has 0 aliphatic carbocycles. The van der Waals surface area contributed by atoms with Gasteiger partial charge in [-0.1, -0.05) is 41.9 Å². The molecular formula is C22H19ClN2S. The van der Waals surface area contributed by atoms with Crippen LogP contribution in [-0.4, -0.2) is 23.1 Å². The van der Waals surface area contributed by atoms with Crippen LogP contribution in [0.15, 0.2) is 59.3 Å². The highest BCUT2D eigenvalue weighted by atomic mass is 35.5. The molecule has 0 fully saturated rings. The van der Waals surface area contributed by atoms with E-state index in [0.717, 1.165) is 24.5 Å². The average molecular weight is 379 g/mol. The molecule has 0 atom stereocenters. The second-order valence-corrected chi connectivity index (χ2v) is 8.13. The topological polar surface area (TPSA) is 8.17 Å². The van der Waals surface area contributed by atoms with Crippen molar-refractivity contribution in [2.24, 2.45) is 0 Å². The molecule has 2 nitrogen and oxygen atoms in total. The van der Waals surface area contributed by atoms with Gasteiger partial charge in [0.15, 0.2) is 0 Å². The van der Waals surface area contributed by atoms with Crippen molar-refractivity contribution in [3.63, 3.8) is 0 Å². The van der Waals surface area contributed by atoms with Gasteiger partial charge in [-0.3, -0.25) is 0 Å². The van der Waals surface area contributed by atoms with E-state index in [1.807, 2.05) is 6.07 Å². The maximum atomic E-state index is 6.34. The van der Waals surface area contributed by atoms with E-state index in [1.165, 1.54) is 39.0 Å². The van der Waals surface area contributed by atoms with Crippen LogP contribution in [-0.2, 0) is 13.0 Å². The third-order valence-corrected chi connectivity index (χ3v) is 6.23. The minimum atomic E-state index is 0.805. The van der Waals surface area contributed by atoms with Crippen LogP contribution in [0.3, 0.4) is 0 Å². The monoisotopic (exact) mass is 378 g/mol. The number of likely N-dealkylation sites (N-methyl/N-ethyl adjacent to an activating group) is 1. The highest BCUT2D eigenvalue weighted by Crippen LogP contribution is 2.39. The minimum absolute atomic E-state index is 0.805. The second-order valence-electron chi connectivity index (χ2n) is 6.95. The fourth-order valence-electron chi connectivity index (χ4n) is 4.04. The molecule has 0 bridgehead atoms. The van der Waals surface area contributed by atoms with E-state index in [9.17, 15) is 0 Å². The van der Waals surface area contributed by atoms with Crippen LogP contribution in [0.25, 0.3) is 27.7 Å². The Balaban J connectivity index is 1.81. The lowest BCUT2D eigenvalue weighted by Crippen LogP contribution is -2.27. The predicted octanol–water partition coefficient (Wildman–Crippen LogP) is 6.00. The maximum Gasteiger partial charge on any atom is 0.0644 e. The molecule has 2 aromatic heterocycles. The molecule has 0 saturated heterocycles. The van der Waals surface area contributed by atoms with Gasteiger partial charge in [0.1, 0.15) is 0 Å². The molecule has 3 heterocycles. The van der Waals surface area contributed by atoms with Gasteiger partial charge in [0.2, 0.25) is 0 Å². The molecule has 4 aromatic rings. The van der Waals surface area contributed by atoms with E-state index in [0.29, 0.717) is 0 Å². The van der Waals surface area contributed by atoms with Gasteiger partial charge in [0, 0.05) is 51.9 Å². The number of fused-ring (bicyclic) bond motifs is 3.